The van der Waals surface area contributed by atoms with Gasteiger partial charge in [-0.3, -0.25) is 14.9 Å². The van der Waals surface area contributed by atoms with Crippen LogP contribution in [-0.2, 0) is 6.18 Å². The van der Waals surface area contributed by atoms with E-state index >= 15 is 0 Å². The predicted octanol–water partition coefficient (Wildman–Crippen LogP) is 4.48. The third-order valence-corrected chi connectivity index (χ3v) is 5.11. The van der Waals surface area contributed by atoms with Crippen molar-refractivity contribution in [2.75, 3.05) is 5.32 Å². The van der Waals surface area contributed by atoms with Crippen molar-refractivity contribution in [3.8, 4) is 0 Å². The van der Waals surface area contributed by atoms with Gasteiger partial charge in [0.1, 0.15) is 5.69 Å². The molecule has 0 bridgehead atoms. The highest BCUT2D eigenvalue weighted by molar-refractivity contribution is 7.14. The maximum absolute atomic E-state index is 12.8. The van der Waals surface area contributed by atoms with Crippen LogP contribution >= 0.6 is 11.3 Å². The van der Waals surface area contributed by atoms with Crippen LogP contribution in [-0.4, -0.2) is 22.8 Å². The van der Waals surface area contributed by atoms with Gasteiger partial charge >= 0.3 is 6.18 Å². The number of rotatable bonds is 4. The fourth-order valence-electron chi connectivity index (χ4n) is 2.95. The molecule has 1 saturated carbocycles. The Hall–Kier alpha value is -2.42. The molecular weight excluding hydrogens is 379 g/mol. The molecule has 5 nitrogen and oxygen atoms in total. The maximum atomic E-state index is 12.8. The lowest BCUT2D eigenvalue weighted by Gasteiger charge is -2.22. The molecule has 144 valence electrons. The van der Waals surface area contributed by atoms with Crippen molar-refractivity contribution in [2.24, 2.45) is 0 Å². The molecule has 2 amide bonds. The van der Waals surface area contributed by atoms with Gasteiger partial charge in [-0.1, -0.05) is 25.3 Å². The highest BCUT2D eigenvalue weighted by atomic mass is 32.1. The minimum atomic E-state index is -4.53. The van der Waals surface area contributed by atoms with Gasteiger partial charge in [-0.2, -0.15) is 13.2 Å². The van der Waals surface area contributed by atoms with Crippen LogP contribution in [0.2, 0.25) is 0 Å². The van der Waals surface area contributed by atoms with Crippen molar-refractivity contribution in [1.29, 1.82) is 0 Å². The number of amides is 2. The molecule has 1 aliphatic carbocycles. The molecular formula is C18H18F3N3O2S. The second-order valence-electron chi connectivity index (χ2n) is 6.38. The van der Waals surface area contributed by atoms with Gasteiger partial charge in [0.2, 0.25) is 0 Å². The standard InChI is InChI=1S/C18H18F3N3O2S/c19-18(20,21)12-6-4-5-11(9-12)15(25)24-17-23-14(10-27-17)16(26)22-13-7-2-1-3-8-13/h4-6,9-10,13H,1-3,7-8H2,(H,22,26)(H,23,24,25). The molecule has 27 heavy (non-hydrogen) atoms. The number of carbonyl (C=O) groups excluding carboxylic acids is 2. The number of nitrogens with one attached hydrogen (secondary N) is 2. The molecule has 0 atom stereocenters. The van der Waals surface area contributed by atoms with Gasteiger partial charge in [0.05, 0.1) is 5.56 Å². The fraction of sp³-hybridized carbons (Fsp3) is 0.389. The molecule has 0 spiro atoms. The van der Waals surface area contributed by atoms with Crippen molar-refractivity contribution in [3.05, 3.63) is 46.5 Å². The summed E-state index contributed by atoms with van der Waals surface area (Å²) in [7, 11) is 0. The Bertz CT molecular complexity index is 829. The van der Waals surface area contributed by atoms with E-state index in [4.69, 9.17) is 0 Å². The van der Waals surface area contributed by atoms with Crippen LogP contribution in [0.5, 0.6) is 0 Å². The van der Waals surface area contributed by atoms with Gasteiger partial charge in [0, 0.05) is 17.0 Å². The highest BCUT2D eigenvalue weighted by Crippen LogP contribution is 2.29. The van der Waals surface area contributed by atoms with Gasteiger partial charge in [0.15, 0.2) is 5.13 Å². The van der Waals surface area contributed by atoms with Gasteiger partial charge in [-0.15, -0.1) is 11.3 Å². The zero-order chi connectivity index (χ0) is 19.4. The first-order chi connectivity index (χ1) is 12.8. The molecule has 1 aromatic heterocycles. The summed E-state index contributed by atoms with van der Waals surface area (Å²) in [5.41, 5.74) is -0.847. The lowest BCUT2D eigenvalue weighted by Crippen LogP contribution is -2.36. The number of anilines is 1. The summed E-state index contributed by atoms with van der Waals surface area (Å²) >= 11 is 1.05. The fourth-order valence-corrected chi connectivity index (χ4v) is 3.63. The molecule has 1 fully saturated rings. The van der Waals surface area contributed by atoms with E-state index in [9.17, 15) is 22.8 Å². The highest BCUT2D eigenvalue weighted by Gasteiger charge is 2.31. The molecule has 2 aromatic rings. The number of benzene rings is 1. The first-order valence-corrected chi connectivity index (χ1v) is 9.46. The molecule has 0 radical (unpaired) electrons. The maximum Gasteiger partial charge on any atom is 0.416 e. The molecule has 2 N–H and O–H groups in total. The number of alkyl halides is 3. The summed E-state index contributed by atoms with van der Waals surface area (Å²) in [5, 5.41) is 7.03. The van der Waals surface area contributed by atoms with Crippen LogP contribution in [0.1, 0.15) is 58.5 Å². The molecule has 0 aliphatic heterocycles. The summed E-state index contributed by atoms with van der Waals surface area (Å²) < 4.78 is 38.3. The van der Waals surface area contributed by atoms with Crippen molar-refractivity contribution >= 4 is 28.3 Å². The van der Waals surface area contributed by atoms with E-state index in [0.29, 0.717) is 0 Å². The van der Waals surface area contributed by atoms with Crippen LogP contribution in [0.25, 0.3) is 0 Å². The molecule has 1 aliphatic rings. The number of carbonyl (C=O) groups is 2. The van der Waals surface area contributed by atoms with Crippen molar-refractivity contribution in [1.82, 2.24) is 10.3 Å². The summed E-state index contributed by atoms with van der Waals surface area (Å²) in [5.74, 6) is -1.02. The second-order valence-corrected chi connectivity index (χ2v) is 7.24. The van der Waals surface area contributed by atoms with Gasteiger partial charge in [0.25, 0.3) is 11.8 Å². The number of hydrogen-bond donors (Lipinski definition) is 2. The Balaban J connectivity index is 1.63. The summed E-state index contributed by atoms with van der Waals surface area (Å²) in [4.78, 5) is 28.5. The minimum absolute atomic E-state index is 0.131. The van der Waals surface area contributed by atoms with E-state index in [0.717, 1.165) is 49.2 Å². The van der Waals surface area contributed by atoms with Crippen LogP contribution < -0.4 is 10.6 Å². The Labute approximate surface area is 158 Å². The number of halogens is 3. The molecule has 0 unspecified atom stereocenters. The first-order valence-electron chi connectivity index (χ1n) is 8.58. The topological polar surface area (TPSA) is 71.1 Å². The molecule has 3 rings (SSSR count). The van der Waals surface area contributed by atoms with Crippen LogP contribution in [0, 0.1) is 0 Å². The largest absolute Gasteiger partial charge is 0.416 e. The van der Waals surface area contributed by atoms with Crippen molar-refractivity contribution in [3.63, 3.8) is 0 Å². The van der Waals surface area contributed by atoms with Crippen LogP contribution in [0.4, 0.5) is 18.3 Å². The van der Waals surface area contributed by atoms with Crippen molar-refractivity contribution in [2.45, 2.75) is 44.3 Å². The zero-order valence-electron chi connectivity index (χ0n) is 14.3. The van der Waals surface area contributed by atoms with Crippen molar-refractivity contribution < 1.29 is 22.8 Å². The molecule has 1 aromatic carbocycles. The Morgan fingerprint density at radius 1 is 1.11 bits per heavy atom. The van der Waals surface area contributed by atoms with E-state index < -0.39 is 17.6 Å². The Morgan fingerprint density at radius 3 is 2.56 bits per heavy atom. The van der Waals surface area contributed by atoms with E-state index in [2.05, 4.69) is 15.6 Å². The summed E-state index contributed by atoms with van der Waals surface area (Å²) in [6.07, 6.45) is 0.696. The predicted molar refractivity (Wildman–Crippen MR) is 95.9 cm³/mol. The normalized spacial score (nSPS) is 15.4. The Morgan fingerprint density at radius 2 is 1.85 bits per heavy atom. The van der Waals surface area contributed by atoms with Gasteiger partial charge in [-0.25, -0.2) is 4.98 Å². The van der Waals surface area contributed by atoms with E-state index in [1.54, 1.807) is 0 Å². The smallest absolute Gasteiger partial charge is 0.348 e. The Kier molecular flexibility index (Phi) is 5.79. The average Bonchev–Trinajstić information content (AvgIpc) is 3.10. The molecule has 9 heteroatoms. The first kappa shape index (κ1) is 19.3. The van der Waals surface area contributed by atoms with Gasteiger partial charge < -0.3 is 5.32 Å². The third kappa shape index (κ3) is 5.06. The molecule has 0 saturated heterocycles. The van der Waals surface area contributed by atoms with E-state index in [1.165, 1.54) is 23.9 Å². The lowest BCUT2D eigenvalue weighted by atomic mass is 9.95. The minimum Gasteiger partial charge on any atom is -0.348 e. The monoisotopic (exact) mass is 397 g/mol. The molecule has 1 heterocycles. The third-order valence-electron chi connectivity index (χ3n) is 4.35. The number of thiazole rings is 1. The summed E-state index contributed by atoms with van der Waals surface area (Å²) in [6.45, 7) is 0. The van der Waals surface area contributed by atoms with E-state index in [-0.39, 0.29) is 28.3 Å². The van der Waals surface area contributed by atoms with Crippen LogP contribution in [0.3, 0.4) is 0 Å². The summed E-state index contributed by atoms with van der Waals surface area (Å²) in [6, 6.07) is 4.27. The van der Waals surface area contributed by atoms with Gasteiger partial charge in [-0.05, 0) is 31.0 Å². The zero-order valence-corrected chi connectivity index (χ0v) is 15.1. The second kappa shape index (κ2) is 8.08. The van der Waals surface area contributed by atoms with E-state index in [1.807, 2.05) is 0 Å². The number of aromatic nitrogens is 1. The number of nitrogens with zero attached hydrogens (tertiary/aromatic N) is 1. The average molecular weight is 397 g/mol. The SMILES string of the molecule is O=C(Nc1nc(C(=O)NC2CCCCC2)cs1)c1cccc(C(F)(F)F)c1. The van der Waals surface area contributed by atoms with Crippen LogP contribution in [0.15, 0.2) is 29.6 Å². The quantitative estimate of drug-likeness (QED) is 0.799. The lowest BCUT2D eigenvalue weighted by molar-refractivity contribution is -0.137. The number of hydrogen-bond acceptors (Lipinski definition) is 4.